The van der Waals surface area contributed by atoms with Gasteiger partial charge < -0.3 is 9.47 Å². The van der Waals surface area contributed by atoms with Gasteiger partial charge in [0, 0.05) is 5.56 Å². The van der Waals surface area contributed by atoms with Crippen LogP contribution >= 0.6 is 11.6 Å². The summed E-state index contributed by atoms with van der Waals surface area (Å²) in [4.78, 5) is 22.3. The van der Waals surface area contributed by atoms with Crippen LogP contribution in [0.4, 0.5) is 4.79 Å². The third kappa shape index (κ3) is 1.69. The van der Waals surface area contributed by atoms with Gasteiger partial charge in [0.1, 0.15) is 5.75 Å². The van der Waals surface area contributed by atoms with E-state index in [1.165, 1.54) is 7.11 Å². The number of nitrogens with one attached hydrogen (secondary N) is 1. The Morgan fingerprint density at radius 2 is 2.19 bits per heavy atom. The summed E-state index contributed by atoms with van der Waals surface area (Å²) in [5, 5.41) is 2.39. The normalized spacial score (nSPS) is 19.2. The van der Waals surface area contributed by atoms with Crippen molar-refractivity contribution in [2.75, 3.05) is 7.11 Å². The average Bonchev–Trinajstić information content (AvgIpc) is 2.57. The van der Waals surface area contributed by atoms with E-state index in [-0.39, 0.29) is 0 Å². The first-order valence-electron chi connectivity index (χ1n) is 4.47. The number of carbonyl (C=O) groups is 2. The van der Waals surface area contributed by atoms with Crippen LogP contribution in [0, 0.1) is 0 Å². The maximum absolute atomic E-state index is 11.4. The van der Waals surface area contributed by atoms with Gasteiger partial charge in [-0.25, -0.2) is 4.79 Å². The van der Waals surface area contributed by atoms with E-state index in [9.17, 15) is 9.59 Å². The number of carbonyl (C=O) groups excluding carboxylic acids is 2. The Labute approximate surface area is 96.3 Å². The van der Waals surface area contributed by atoms with Crippen LogP contribution in [-0.2, 0) is 9.53 Å². The Balaban J connectivity index is 2.44. The first-order valence-corrected chi connectivity index (χ1v) is 4.85. The number of halogens is 1. The number of benzene rings is 1. The predicted octanol–water partition coefficient (Wildman–Crippen LogP) is 1.66. The number of hydrogen-bond donors (Lipinski definition) is 1. The Morgan fingerprint density at radius 1 is 1.44 bits per heavy atom. The minimum atomic E-state index is -0.999. The molecule has 0 spiro atoms. The van der Waals surface area contributed by atoms with Crippen LogP contribution in [0.15, 0.2) is 18.2 Å². The molecule has 1 aliphatic rings. The van der Waals surface area contributed by atoms with Gasteiger partial charge in [-0.15, -0.1) is 0 Å². The highest BCUT2D eigenvalue weighted by Gasteiger charge is 2.35. The molecule has 1 aromatic rings. The Bertz CT molecular complexity index is 460. The molecule has 2 rings (SSSR count). The van der Waals surface area contributed by atoms with Crippen LogP contribution in [0.3, 0.4) is 0 Å². The van der Waals surface area contributed by atoms with E-state index in [0.717, 1.165) is 0 Å². The number of ether oxygens (including phenoxy) is 2. The molecule has 0 radical (unpaired) electrons. The maximum Gasteiger partial charge on any atom is 0.415 e. The molecule has 0 saturated carbocycles. The van der Waals surface area contributed by atoms with Gasteiger partial charge in [-0.1, -0.05) is 23.7 Å². The molecule has 1 atom stereocenters. The van der Waals surface area contributed by atoms with Crippen molar-refractivity contribution in [3.63, 3.8) is 0 Å². The zero-order chi connectivity index (χ0) is 11.7. The second-order valence-electron chi connectivity index (χ2n) is 3.14. The van der Waals surface area contributed by atoms with E-state index in [0.29, 0.717) is 16.3 Å². The molecule has 1 N–H and O–H groups in total. The predicted molar refractivity (Wildman–Crippen MR) is 55.4 cm³/mol. The number of para-hydroxylation sites is 1. The topological polar surface area (TPSA) is 64.6 Å². The summed E-state index contributed by atoms with van der Waals surface area (Å²) in [6.07, 6.45) is -1.77. The standard InChI is InChI=1S/C10H8ClNO4/c1-15-7-5(3-2-4-6(7)11)8-9(13)12-10(14)16-8/h2-4,8H,1H3,(H,12,13,14). The third-order valence-electron chi connectivity index (χ3n) is 2.17. The van der Waals surface area contributed by atoms with Crippen molar-refractivity contribution < 1.29 is 19.1 Å². The Hall–Kier alpha value is -1.75. The van der Waals surface area contributed by atoms with Gasteiger partial charge in [0.05, 0.1) is 12.1 Å². The van der Waals surface area contributed by atoms with Crippen molar-refractivity contribution in [2.24, 2.45) is 0 Å². The summed E-state index contributed by atoms with van der Waals surface area (Å²) in [6, 6.07) is 4.89. The first kappa shape index (κ1) is 10.8. The van der Waals surface area contributed by atoms with Gasteiger partial charge in [-0.2, -0.15) is 0 Å². The Kier molecular flexibility index (Phi) is 2.70. The van der Waals surface area contributed by atoms with Crippen LogP contribution in [0.25, 0.3) is 0 Å². The van der Waals surface area contributed by atoms with Gasteiger partial charge in [-0.3, -0.25) is 10.1 Å². The maximum atomic E-state index is 11.4. The fourth-order valence-corrected chi connectivity index (χ4v) is 1.77. The second kappa shape index (κ2) is 4.02. The summed E-state index contributed by atoms with van der Waals surface area (Å²) < 4.78 is 9.89. The van der Waals surface area contributed by atoms with Gasteiger partial charge in [-0.05, 0) is 6.07 Å². The van der Waals surface area contributed by atoms with Crippen molar-refractivity contribution in [1.82, 2.24) is 5.32 Å². The lowest BCUT2D eigenvalue weighted by atomic mass is 10.1. The molecule has 1 aromatic carbocycles. The SMILES string of the molecule is COc1c(Cl)cccc1C1OC(=O)NC1=O. The minimum absolute atomic E-state index is 0.332. The Morgan fingerprint density at radius 3 is 2.75 bits per heavy atom. The van der Waals surface area contributed by atoms with Crippen LogP contribution in [-0.4, -0.2) is 19.1 Å². The monoisotopic (exact) mass is 241 g/mol. The quantitative estimate of drug-likeness (QED) is 0.855. The highest BCUT2D eigenvalue weighted by atomic mass is 35.5. The van der Waals surface area contributed by atoms with E-state index in [4.69, 9.17) is 21.1 Å². The smallest absolute Gasteiger partial charge is 0.415 e. The van der Waals surface area contributed by atoms with Crippen LogP contribution < -0.4 is 10.1 Å². The third-order valence-corrected chi connectivity index (χ3v) is 2.47. The number of hydrogen-bond acceptors (Lipinski definition) is 4. The molecule has 1 aliphatic heterocycles. The molecule has 6 heteroatoms. The molecule has 0 aromatic heterocycles. The fourth-order valence-electron chi connectivity index (χ4n) is 1.51. The lowest BCUT2D eigenvalue weighted by molar-refractivity contribution is -0.123. The molecule has 84 valence electrons. The highest BCUT2D eigenvalue weighted by Crippen LogP contribution is 2.35. The van der Waals surface area contributed by atoms with Crippen LogP contribution in [0.5, 0.6) is 5.75 Å². The van der Waals surface area contributed by atoms with Crippen LogP contribution in [0.2, 0.25) is 5.02 Å². The summed E-state index contributed by atoms with van der Waals surface area (Å²) in [5.74, 6) is -0.190. The van der Waals surface area contributed by atoms with Crippen LogP contribution in [0.1, 0.15) is 11.7 Å². The zero-order valence-corrected chi connectivity index (χ0v) is 9.08. The molecule has 1 heterocycles. The lowest BCUT2D eigenvalue weighted by Crippen LogP contribution is -2.20. The van der Waals surface area contributed by atoms with Crippen molar-refractivity contribution >= 4 is 23.6 Å². The van der Waals surface area contributed by atoms with Gasteiger partial charge in [0.2, 0.25) is 6.10 Å². The average molecular weight is 242 g/mol. The van der Waals surface area contributed by atoms with Crippen molar-refractivity contribution in [1.29, 1.82) is 0 Å². The fraction of sp³-hybridized carbons (Fsp3) is 0.200. The molecule has 1 unspecified atom stereocenters. The van der Waals surface area contributed by atoms with Gasteiger partial charge in [0.25, 0.3) is 5.91 Å². The number of cyclic esters (lactones) is 1. The van der Waals surface area contributed by atoms with E-state index in [1.54, 1.807) is 18.2 Å². The summed E-state index contributed by atoms with van der Waals surface area (Å²) in [7, 11) is 1.43. The molecule has 16 heavy (non-hydrogen) atoms. The summed E-state index contributed by atoms with van der Waals surface area (Å²) in [6.45, 7) is 0. The zero-order valence-electron chi connectivity index (χ0n) is 8.32. The molecule has 1 saturated heterocycles. The van der Waals surface area contributed by atoms with E-state index in [2.05, 4.69) is 0 Å². The number of rotatable bonds is 2. The molecule has 0 bridgehead atoms. The number of methoxy groups -OCH3 is 1. The van der Waals surface area contributed by atoms with E-state index < -0.39 is 18.1 Å². The van der Waals surface area contributed by atoms with Crippen molar-refractivity contribution in [3.8, 4) is 5.75 Å². The molecule has 1 fully saturated rings. The van der Waals surface area contributed by atoms with Gasteiger partial charge in [0.15, 0.2) is 0 Å². The van der Waals surface area contributed by atoms with Crippen molar-refractivity contribution in [3.05, 3.63) is 28.8 Å². The van der Waals surface area contributed by atoms with E-state index in [1.807, 2.05) is 5.32 Å². The molecule has 2 amide bonds. The van der Waals surface area contributed by atoms with Crippen molar-refractivity contribution in [2.45, 2.75) is 6.10 Å². The van der Waals surface area contributed by atoms with E-state index >= 15 is 0 Å². The number of amides is 2. The number of imide groups is 1. The summed E-state index contributed by atoms with van der Waals surface area (Å²) >= 11 is 5.89. The highest BCUT2D eigenvalue weighted by molar-refractivity contribution is 6.32. The molecule has 0 aliphatic carbocycles. The minimum Gasteiger partial charge on any atom is -0.495 e. The molecular weight excluding hydrogens is 234 g/mol. The molecular formula is C10H8ClNO4. The lowest BCUT2D eigenvalue weighted by Gasteiger charge is -2.12. The summed E-state index contributed by atoms with van der Waals surface area (Å²) in [5.41, 5.74) is 0.429. The first-order chi connectivity index (χ1) is 7.63. The number of alkyl carbamates (subject to hydrolysis) is 1. The second-order valence-corrected chi connectivity index (χ2v) is 3.54. The largest absolute Gasteiger partial charge is 0.495 e. The van der Waals surface area contributed by atoms with Gasteiger partial charge >= 0.3 is 6.09 Å². The molecule has 5 nitrogen and oxygen atoms in total.